The molecule has 3 aliphatic heterocycles. The minimum Gasteiger partial charge on any atom is -0.478 e. The highest BCUT2D eigenvalue weighted by Gasteiger charge is 2.49. The highest BCUT2D eigenvalue weighted by Crippen LogP contribution is 2.35. The standard InChI is InChI=1S/C20H26F3N5O2.H2/c1-19(2,20(21,22)23)30-16-5-3-13(4-6-16)15-10-28(11-15)18(29)27-8-7-14(9-27)17-24-12-25-26-17;/h3-6,14-15,25H,7-12H2,1-2H3,(H,24,26);1H. The molecule has 2 N–H and O–H groups in total. The fourth-order valence-corrected chi connectivity index (χ4v) is 3.89. The van der Waals surface area contributed by atoms with Crippen LogP contribution in [0.5, 0.6) is 5.75 Å². The number of ether oxygens (including phenoxy) is 1. The van der Waals surface area contributed by atoms with Crippen LogP contribution in [0.2, 0.25) is 0 Å². The molecule has 4 rings (SSSR count). The molecule has 0 saturated carbocycles. The smallest absolute Gasteiger partial charge is 0.427 e. The molecular formula is C20H28F3N5O2. The maximum Gasteiger partial charge on any atom is 0.427 e. The predicted molar refractivity (Wildman–Crippen MR) is 107 cm³/mol. The van der Waals surface area contributed by atoms with Crippen molar-refractivity contribution in [2.24, 2.45) is 10.9 Å². The van der Waals surface area contributed by atoms with Crippen molar-refractivity contribution in [1.82, 2.24) is 20.7 Å². The summed E-state index contributed by atoms with van der Waals surface area (Å²) in [6, 6.07) is 6.70. The van der Waals surface area contributed by atoms with E-state index in [0.717, 1.165) is 31.7 Å². The Morgan fingerprint density at radius 2 is 1.80 bits per heavy atom. The van der Waals surface area contributed by atoms with Crippen molar-refractivity contribution in [3.8, 4) is 5.75 Å². The van der Waals surface area contributed by atoms with Crippen molar-refractivity contribution in [3.63, 3.8) is 0 Å². The summed E-state index contributed by atoms with van der Waals surface area (Å²) in [4.78, 5) is 20.7. The number of alkyl halides is 3. The maximum absolute atomic E-state index is 13.0. The SMILES string of the molecule is CC(C)(Oc1ccc(C2CN(C(=O)N3CCC(C4=NCNN4)C3)C2)cc1)C(F)(F)F.[HH]. The van der Waals surface area contributed by atoms with Gasteiger partial charge in [0.1, 0.15) is 18.3 Å². The van der Waals surface area contributed by atoms with Gasteiger partial charge in [-0.1, -0.05) is 12.1 Å². The highest BCUT2D eigenvalue weighted by atomic mass is 19.4. The minimum atomic E-state index is -4.45. The number of hydrogen-bond donors (Lipinski definition) is 2. The van der Waals surface area contributed by atoms with Crippen LogP contribution >= 0.6 is 0 Å². The van der Waals surface area contributed by atoms with Gasteiger partial charge in [0.15, 0.2) is 5.60 Å². The molecule has 166 valence electrons. The number of nitrogens with zero attached hydrogens (tertiary/aromatic N) is 3. The average Bonchev–Trinajstić information content (AvgIpc) is 3.32. The van der Waals surface area contributed by atoms with E-state index in [1.807, 2.05) is 9.80 Å². The van der Waals surface area contributed by atoms with Crippen molar-refractivity contribution in [3.05, 3.63) is 29.8 Å². The monoisotopic (exact) mass is 427 g/mol. The molecule has 1 aromatic rings. The van der Waals surface area contributed by atoms with Gasteiger partial charge in [-0.2, -0.15) is 13.2 Å². The second-order valence-corrected chi connectivity index (χ2v) is 8.50. The zero-order chi connectivity index (χ0) is 21.5. The molecule has 1 atom stereocenters. The number of hydrazine groups is 1. The molecule has 0 aromatic heterocycles. The number of nitrogens with one attached hydrogen (secondary N) is 2. The number of carbonyl (C=O) groups excluding carboxylic acids is 1. The molecule has 10 heteroatoms. The minimum absolute atomic E-state index is 0. The van der Waals surface area contributed by atoms with Crippen LogP contribution in [-0.2, 0) is 0 Å². The Kier molecular flexibility index (Phi) is 5.29. The van der Waals surface area contributed by atoms with Gasteiger partial charge in [0.25, 0.3) is 0 Å². The second-order valence-electron chi connectivity index (χ2n) is 8.50. The highest BCUT2D eigenvalue weighted by molar-refractivity contribution is 5.87. The Labute approximate surface area is 174 Å². The Morgan fingerprint density at radius 1 is 1.13 bits per heavy atom. The molecule has 2 amide bonds. The van der Waals surface area contributed by atoms with Crippen LogP contribution in [-0.4, -0.2) is 66.3 Å². The van der Waals surface area contributed by atoms with E-state index in [2.05, 4.69) is 15.8 Å². The lowest BCUT2D eigenvalue weighted by Gasteiger charge is -2.41. The Morgan fingerprint density at radius 3 is 2.40 bits per heavy atom. The van der Waals surface area contributed by atoms with E-state index in [0.29, 0.717) is 32.8 Å². The number of likely N-dealkylation sites (tertiary alicyclic amines) is 2. The van der Waals surface area contributed by atoms with Gasteiger partial charge in [0.05, 0.1) is 0 Å². The Bertz CT molecular complexity index is 825. The van der Waals surface area contributed by atoms with Gasteiger partial charge in [0.2, 0.25) is 0 Å². The molecule has 3 heterocycles. The number of amides is 2. The summed E-state index contributed by atoms with van der Waals surface area (Å²) in [7, 11) is 0. The number of hydrogen-bond acceptors (Lipinski definition) is 5. The van der Waals surface area contributed by atoms with Gasteiger partial charge < -0.3 is 20.0 Å². The van der Waals surface area contributed by atoms with Crippen molar-refractivity contribution in [2.75, 3.05) is 32.8 Å². The fourth-order valence-electron chi connectivity index (χ4n) is 3.89. The summed E-state index contributed by atoms with van der Waals surface area (Å²) in [6.45, 7) is 5.16. The topological polar surface area (TPSA) is 69.2 Å². The van der Waals surface area contributed by atoms with Crippen LogP contribution < -0.4 is 15.6 Å². The summed E-state index contributed by atoms with van der Waals surface area (Å²) in [5, 5.41) is 0. The van der Waals surface area contributed by atoms with E-state index in [-0.39, 0.29) is 25.0 Å². The summed E-state index contributed by atoms with van der Waals surface area (Å²) in [5.74, 6) is 1.52. The lowest BCUT2D eigenvalue weighted by molar-refractivity contribution is -0.234. The van der Waals surface area contributed by atoms with Gasteiger partial charge in [0, 0.05) is 39.4 Å². The first-order chi connectivity index (χ1) is 14.1. The van der Waals surface area contributed by atoms with Gasteiger partial charge in [-0.15, -0.1) is 0 Å². The summed E-state index contributed by atoms with van der Waals surface area (Å²) >= 11 is 0. The van der Waals surface area contributed by atoms with E-state index >= 15 is 0 Å². The molecule has 2 fully saturated rings. The van der Waals surface area contributed by atoms with Crippen LogP contribution in [0.3, 0.4) is 0 Å². The molecular weight excluding hydrogens is 399 g/mol. The first-order valence-electron chi connectivity index (χ1n) is 10.1. The molecule has 30 heavy (non-hydrogen) atoms. The Balaban J connectivity index is 0.00000272. The third kappa shape index (κ3) is 4.05. The largest absolute Gasteiger partial charge is 0.478 e. The van der Waals surface area contributed by atoms with Crippen LogP contribution in [0, 0.1) is 5.92 Å². The number of amidine groups is 1. The summed E-state index contributed by atoms with van der Waals surface area (Å²) in [5.41, 5.74) is 4.74. The summed E-state index contributed by atoms with van der Waals surface area (Å²) < 4.78 is 44.0. The molecule has 0 radical (unpaired) electrons. The van der Waals surface area contributed by atoms with E-state index in [1.165, 1.54) is 0 Å². The molecule has 0 spiro atoms. The molecule has 7 nitrogen and oxygen atoms in total. The molecule has 3 aliphatic rings. The van der Waals surface area contributed by atoms with Crippen molar-refractivity contribution in [1.29, 1.82) is 0 Å². The van der Waals surface area contributed by atoms with Crippen LogP contribution in [0.25, 0.3) is 0 Å². The zero-order valence-electron chi connectivity index (χ0n) is 17.0. The van der Waals surface area contributed by atoms with E-state index in [9.17, 15) is 18.0 Å². The van der Waals surface area contributed by atoms with E-state index in [4.69, 9.17) is 4.74 Å². The number of carbonyl (C=O) groups is 1. The van der Waals surface area contributed by atoms with Gasteiger partial charge in [-0.05, 0) is 38.0 Å². The van der Waals surface area contributed by atoms with Crippen LogP contribution in [0.4, 0.5) is 18.0 Å². The lowest BCUT2D eigenvalue weighted by Crippen LogP contribution is -2.53. The third-order valence-electron chi connectivity index (χ3n) is 5.95. The first-order valence-corrected chi connectivity index (χ1v) is 10.1. The number of rotatable bonds is 4. The van der Waals surface area contributed by atoms with Crippen molar-refractivity contribution < 1.29 is 24.1 Å². The predicted octanol–water partition coefficient (Wildman–Crippen LogP) is 2.96. The summed E-state index contributed by atoms with van der Waals surface area (Å²) in [6.07, 6.45) is -3.56. The molecule has 0 bridgehead atoms. The molecule has 1 unspecified atom stereocenters. The van der Waals surface area contributed by atoms with Crippen molar-refractivity contribution >= 4 is 11.9 Å². The van der Waals surface area contributed by atoms with Crippen LogP contribution in [0.1, 0.15) is 33.2 Å². The number of benzene rings is 1. The van der Waals surface area contributed by atoms with Crippen molar-refractivity contribution in [2.45, 2.75) is 38.0 Å². The lowest BCUT2D eigenvalue weighted by atomic mass is 9.91. The van der Waals surface area contributed by atoms with E-state index in [1.54, 1.807) is 24.3 Å². The van der Waals surface area contributed by atoms with Crippen LogP contribution in [0.15, 0.2) is 29.3 Å². The Hall–Kier alpha value is -2.49. The average molecular weight is 427 g/mol. The van der Waals surface area contributed by atoms with E-state index < -0.39 is 11.8 Å². The maximum atomic E-state index is 13.0. The number of aliphatic imine (C=N–C) groups is 1. The number of urea groups is 1. The van der Waals surface area contributed by atoms with Gasteiger partial charge >= 0.3 is 12.2 Å². The normalized spacial score (nSPS) is 22.6. The molecule has 1 aromatic carbocycles. The second kappa shape index (κ2) is 7.64. The first kappa shape index (κ1) is 20.8. The van der Waals surface area contributed by atoms with Gasteiger partial charge in [-0.3, -0.25) is 4.99 Å². The molecule has 2 saturated heterocycles. The van der Waals surface area contributed by atoms with Gasteiger partial charge in [-0.25, -0.2) is 10.2 Å². The quantitative estimate of drug-likeness (QED) is 0.775. The zero-order valence-corrected chi connectivity index (χ0v) is 17.0. The number of halogens is 3. The third-order valence-corrected chi connectivity index (χ3v) is 5.95. The molecule has 0 aliphatic carbocycles. The fraction of sp³-hybridized carbons (Fsp3) is 0.600.